The quantitative estimate of drug-likeness (QED) is 0.461. The lowest BCUT2D eigenvalue weighted by Crippen LogP contribution is -2.43. The molecule has 0 bridgehead atoms. The zero-order valence-corrected chi connectivity index (χ0v) is 20.2. The van der Waals surface area contributed by atoms with Gasteiger partial charge in [-0.05, 0) is 54.3 Å². The molecule has 1 aliphatic carbocycles. The fourth-order valence-electron chi connectivity index (χ4n) is 5.33. The summed E-state index contributed by atoms with van der Waals surface area (Å²) in [7, 11) is 0. The predicted molar refractivity (Wildman–Crippen MR) is 131 cm³/mol. The molecule has 1 fully saturated rings. The number of carbonyl (C=O) groups excluding carboxylic acids is 1. The number of aliphatic hydroxyl groups excluding tert-OH is 1. The van der Waals surface area contributed by atoms with Gasteiger partial charge in [0, 0.05) is 40.9 Å². The molecule has 2 aliphatic rings. The van der Waals surface area contributed by atoms with Crippen LogP contribution in [0.25, 0.3) is 21.9 Å². The standard InChI is InChI=1S/C27H30FN3O4/c1-4-27(5-2)11-18(12-27)35-26(33)31-23-10-16-8-19(21(28)9-17(16)13-29-23)20-14-30-25-24(15(20)3)22(32)6-7-34-25/h8-10,13-14,18,22,32H,4-7,11-12H2,1-3H3,(H,29,31,33). The minimum absolute atomic E-state index is 0.0742. The van der Waals surface area contributed by atoms with E-state index in [1.807, 2.05) is 6.92 Å². The number of ether oxygens (including phenoxy) is 2. The van der Waals surface area contributed by atoms with Crippen LogP contribution in [0.5, 0.6) is 5.88 Å². The molecule has 1 atom stereocenters. The second kappa shape index (κ2) is 9.07. The van der Waals surface area contributed by atoms with Gasteiger partial charge in [0.25, 0.3) is 0 Å². The second-order valence-electron chi connectivity index (χ2n) is 9.69. The summed E-state index contributed by atoms with van der Waals surface area (Å²) in [6.07, 6.45) is 6.19. The SMILES string of the molecule is CCC1(CC)CC(OC(=O)Nc2cc3cc(-c4cnc5c(c4C)C(O)CCO5)c(F)cc3cn2)C1. The summed E-state index contributed by atoms with van der Waals surface area (Å²) >= 11 is 0. The first-order chi connectivity index (χ1) is 16.8. The van der Waals surface area contributed by atoms with Crippen molar-refractivity contribution in [3.63, 3.8) is 0 Å². The van der Waals surface area contributed by atoms with E-state index in [1.165, 1.54) is 12.3 Å². The number of rotatable bonds is 5. The molecule has 3 heterocycles. The minimum Gasteiger partial charge on any atom is -0.477 e. The van der Waals surface area contributed by atoms with E-state index in [1.54, 1.807) is 18.3 Å². The van der Waals surface area contributed by atoms with Gasteiger partial charge in [0.05, 0.1) is 12.7 Å². The highest BCUT2D eigenvalue weighted by atomic mass is 19.1. The van der Waals surface area contributed by atoms with Gasteiger partial charge in [0.1, 0.15) is 17.7 Å². The predicted octanol–water partition coefficient (Wildman–Crippen LogP) is 6.08. The molecule has 7 nitrogen and oxygen atoms in total. The van der Waals surface area contributed by atoms with Crippen LogP contribution < -0.4 is 10.1 Å². The number of halogens is 1. The number of hydrogen-bond donors (Lipinski definition) is 2. The fraction of sp³-hybridized carbons (Fsp3) is 0.444. The molecule has 184 valence electrons. The molecule has 1 saturated carbocycles. The van der Waals surface area contributed by atoms with Gasteiger partial charge in [-0.3, -0.25) is 5.32 Å². The molecule has 5 rings (SSSR count). The number of nitrogens with one attached hydrogen (secondary N) is 1. The highest BCUT2D eigenvalue weighted by Crippen LogP contribution is 2.48. The van der Waals surface area contributed by atoms with E-state index in [2.05, 4.69) is 29.1 Å². The molecule has 0 spiro atoms. The lowest BCUT2D eigenvalue weighted by molar-refractivity contribution is -0.0423. The van der Waals surface area contributed by atoms with Crippen LogP contribution in [0.3, 0.4) is 0 Å². The van der Waals surface area contributed by atoms with E-state index in [0.29, 0.717) is 57.6 Å². The fourth-order valence-corrected chi connectivity index (χ4v) is 5.33. The highest BCUT2D eigenvalue weighted by Gasteiger charge is 2.43. The summed E-state index contributed by atoms with van der Waals surface area (Å²) in [5.74, 6) is 0.304. The van der Waals surface area contributed by atoms with Gasteiger partial charge in [0.2, 0.25) is 5.88 Å². The molecule has 1 aromatic carbocycles. The van der Waals surface area contributed by atoms with Gasteiger partial charge < -0.3 is 14.6 Å². The largest absolute Gasteiger partial charge is 0.477 e. The second-order valence-corrected chi connectivity index (χ2v) is 9.69. The Kier molecular flexibility index (Phi) is 6.09. The first kappa shape index (κ1) is 23.5. The number of pyridine rings is 2. The molecule has 2 aromatic heterocycles. The topological polar surface area (TPSA) is 93.6 Å². The number of anilines is 1. The number of aromatic nitrogens is 2. The van der Waals surface area contributed by atoms with Crippen LogP contribution in [0.15, 0.2) is 30.6 Å². The first-order valence-corrected chi connectivity index (χ1v) is 12.2. The van der Waals surface area contributed by atoms with Gasteiger partial charge >= 0.3 is 6.09 Å². The van der Waals surface area contributed by atoms with Gasteiger partial charge in [-0.2, -0.15) is 0 Å². The van der Waals surface area contributed by atoms with Gasteiger partial charge in [0.15, 0.2) is 0 Å². The van der Waals surface area contributed by atoms with E-state index in [0.717, 1.165) is 31.2 Å². The third kappa shape index (κ3) is 4.31. The third-order valence-corrected chi connectivity index (χ3v) is 7.74. The summed E-state index contributed by atoms with van der Waals surface area (Å²) in [5, 5.41) is 14.5. The van der Waals surface area contributed by atoms with Gasteiger partial charge in [-0.1, -0.05) is 26.7 Å². The Balaban J connectivity index is 1.38. The molecule has 35 heavy (non-hydrogen) atoms. The van der Waals surface area contributed by atoms with Crippen molar-refractivity contribution in [1.29, 1.82) is 0 Å². The number of hydrogen-bond acceptors (Lipinski definition) is 6. The van der Waals surface area contributed by atoms with Crippen molar-refractivity contribution in [2.24, 2.45) is 5.41 Å². The smallest absolute Gasteiger partial charge is 0.413 e. The normalized spacial score (nSPS) is 18.9. The monoisotopic (exact) mass is 479 g/mol. The molecular formula is C27H30FN3O4. The Morgan fingerprint density at radius 1 is 1.17 bits per heavy atom. The molecule has 0 saturated heterocycles. The van der Waals surface area contributed by atoms with E-state index < -0.39 is 18.0 Å². The summed E-state index contributed by atoms with van der Waals surface area (Å²) in [4.78, 5) is 21.0. The van der Waals surface area contributed by atoms with Crippen LogP contribution in [-0.2, 0) is 4.74 Å². The molecule has 3 aromatic rings. The van der Waals surface area contributed by atoms with Gasteiger partial charge in [-0.15, -0.1) is 0 Å². The third-order valence-electron chi connectivity index (χ3n) is 7.74. The number of fused-ring (bicyclic) bond motifs is 2. The van der Waals surface area contributed by atoms with Crippen molar-refractivity contribution in [2.45, 2.75) is 65.1 Å². The molecule has 1 unspecified atom stereocenters. The van der Waals surface area contributed by atoms with Crippen molar-refractivity contribution in [1.82, 2.24) is 9.97 Å². The molecule has 0 radical (unpaired) electrons. The van der Waals surface area contributed by atoms with Crippen LogP contribution in [0.1, 0.15) is 63.2 Å². The number of aliphatic hydroxyl groups is 1. The Morgan fingerprint density at radius 2 is 1.94 bits per heavy atom. The maximum atomic E-state index is 15.1. The number of carbonyl (C=O) groups is 1. The maximum absolute atomic E-state index is 15.1. The number of amides is 1. The molecule has 2 N–H and O–H groups in total. The summed E-state index contributed by atoms with van der Waals surface area (Å²) < 4.78 is 26.2. The van der Waals surface area contributed by atoms with Crippen molar-refractivity contribution in [3.05, 3.63) is 47.5 Å². The van der Waals surface area contributed by atoms with E-state index >= 15 is 4.39 Å². The first-order valence-electron chi connectivity index (χ1n) is 12.2. The number of benzene rings is 1. The van der Waals surface area contributed by atoms with Crippen LogP contribution >= 0.6 is 0 Å². The van der Waals surface area contributed by atoms with E-state index in [4.69, 9.17) is 9.47 Å². The van der Waals surface area contributed by atoms with Crippen molar-refractivity contribution in [2.75, 3.05) is 11.9 Å². The Labute approximate surface area is 203 Å². The Bertz CT molecular complexity index is 1280. The molecular weight excluding hydrogens is 449 g/mol. The lowest BCUT2D eigenvalue weighted by Gasteiger charge is -2.46. The lowest BCUT2D eigenvalue weighted by atomic mass is 9.63. The maximum Gasteiger partial charge on any atom is 0.413 e. The van der Waals surface area contributed by atoms with Gasteiger partial charge in [-0.25, -0.2) is 19.2 Å². The van der Waals surface area contributed by atoms with E-state index in [9.17, 15) is 9.90 Å². The molecule has 8 heteroatoms. The average molecular weight is 480 g/mol. The summed E-state index contributed by atoms with van der Waals surface area (Å²) in [5.41, 5.74) is 2.55. The van der Waals surface area contributed by atoms with Crippen LogP contribution in [-0.4, -0.2) is 33.9 Å². The van der Waals surface area contributed by atoms with Crippen molar-refractivity contribution < 1.29 is 23.8 Å². The highest BCUT2D eigenvalue weighted by molar-refractivity contribution is 5.92. The van der Waals surface area contributed by atoms with Crippen LogP contribution in [0.4, 0.5) is 15.0 Å². The van der Waals surface area contributed by atoms with E-state index in [-0.39, 0.29) is 6.10 Å². The minimum atomic E-state index is -0.698. The van der Waals surface area contributed by atoms with Crippen molar-refractivity contribution in [3.8, 4) is 17.0 Å². The average Bonchev–Trinajstić information content (AvgIpc) is 2.81. The number of nitrogens with zero attached hydrogens (tertiary/aromatic N) is 2. The van der Waals surface area contributed by atoms with Crippen molar-refractivity contribution >= 4 is 22.7 Å². The van der Waals surface area contributed by atoms with Crippen LogP contribution in [0.2, 0.25) is 0 Å². The Hall–Kier alpha value is -3.26. The molecule has 1 aliphatic heterocycles. The zero-order chi connectivity index (χ0) is 24.7. The summed E-state index contributed by atoms with van der Waals surface area (Å²) in [6.45, 7) is 6.58. The molecule has 1 amide bonds. The summed E-state index contributed by atoms with van der Waals surface area (Å²) in [6, 6.07) is 4.81. The Morgan fingerprint density at radius 3 is 2.69 bits per heavy atom. The zero-order valence-electron chi connectivity index (χ0n) is 20.2. The van der Waals surface area contributed by atoms with Crippen LogP contribution in [0, 0.1) is 18.2 Å².